The van der Waals surface area contributed by atoms with Gasteiger partial charge in [-0.15, -0.1) is 11.3 Å². The molecule has 3 heterocycles. The van der Waals surface area contributed by atoms with Crippen molar-refractivity contribution in [2.75, 3.05) is 0 Å². The van der Waals surface area contributed by atoms with Crippen molar-refractivity contribution >= 4 is 27.4 Å². The van der Waals surface area contributed by atoms with Crippen LogP contribution in [0.4, 0.5) is 5.82 Å². The summed E-state index contributed by atoms with van der Waals surface area (Å²) in [6.45, 7) is 1.60. The van der Waals surface area contributed by atoms with Gasteiger partial charge < -0.3 is 19.8 Å². The van der Waals surface area contributed by atoms with Gasteiger partial charge in [0.15, 0.2) is 0 Å². The molecule has 0 unspecified atom stereocenters. The summed E-state index contributed by atoms with van der Waals surface area (Å²) >= 11 is 1.55. The van der Waals surface area contributed by atoms with Gasteiger partial charge in [0.2, 0.25) is 5.75 Å². The zero-order valence-electron chi connectivity index (χ0n) is 14.1. The second-order valence-electron chi connectivity index (χ2n) is 6.22. The summed E-state index contributed by atoms with van der Waals surface area (Å²) in [6.07, 6.45) is 4.13. The number of rotatable bonds is 4. The number of aromatic amines is 1. The molecule has 0 radical (unpaired) electrons. The molecule has 26 heavy (non-hydrogen) atoms. The smallest absolute Gasteiger partial charge is 0.406 e. The van der Waals surface area contributed by atoms with Gasteiger partial charge in [-0.05, 0) is 53.3 Å². The van der Waals surface area contributed by atoms with Gasteiger partial charge in [-0.2, -0.15) is 0 Å². The molecule has 134 valence electrons. The van der Waals surface area contributed by atoms with Crippen molar-refractivity contribution in [2.45, 2.75) is 39.2 Å². The number of hydrogen-bond donors (Lipinski definition) is 1. The SMILES string of the molecule is Cc1ccc(OCc2nc3sc4c(c3c(=O)[nH]2)CCCC4)c([N+](=O)[O-])n1. The standard InChI is InChI=1S/C17H16N4O4S/c1-9-6-7-11(15(18-9)21(23)24)25-8-13-19-16(22)14-10-4-2-3-5-12(10)26-17(14)20-13/h6-7H,2-5,8H2,1H3,(H,19,20,22). The predicted molar refractivity (Wildman–Crippen MR) is 96.8 cm³/mol. The Labute approximate surface area is 152 Å². The maximum atomic E-state index is 12.5. The van der Waals surface area contributed by atoms with E-state index in [4.69, 9.17) is 4.74 Å². The second-order valence-corrected chi connectivity index (χ2v) is 7.31. The lowest BCUT2D eigenvalue weighted by Crippen LogP contribution is -2.14. The Balaban J connectivity index is 1.65. The fourth-order valence-electron chi connectivity index (χ4n) is 3.20. The van der Waals surface area contributed by atoms with E-state index in [9.17, 15) is 14.9 Å². The highest BCUT2D eigenvalue weighted by molar-refractivity contribution is 7.18. The van der Waals surface area contributed by atoms with Crippen LogP contribution < -0.4 is 10.3 Å². The van der Waals surface area contributed by atoms with Crippen LogP contribution in [0.3, 0.4) is 0 Å². The zero-order valence-corrected chi connectivity index (χ0v) is 14.9. The van der Waals surface area contributed by atoms with Gasteiger partial charge in [-0.1, -0.05) is 0 Å². The van der Waals surface area contributed by atoms with E-state index in [1.807, 2.05) is 0 Å². The third kappa shape index (κ3) is 2.94. The van der Waals surface area contributed by atoms with Crippen molar-refractivity contribution in [3.05, 3.63) is 54.6 Å². The Morgan fingerprint density at radius 1 is 1.31 bits per heavy atom. The lowest BCUT2D eigenvalue weighted by Gasteiger charge is -2.09. The van der Waals surface area contributed by atoms with Crippen LogP contribution in [0.1, 0.15) is 34.8 Å². The number of aryl methyl sites for hydroxylation is 3. The van der Waals surface area contributed by atoms with Crippen LogP contribution >= 0.6 is 11.3 Å². The number of thiophene rings is 1. The van der Waals surface area contributed by atoms with Gasteiger partial charge in [0.25, 0.3) is 5.56 Å². The van der Waals surface area contributed by atoms with Crippen LogP contribution in [-0.2, 0) is 19.4 Å². The molecule has 1 aliphatic rings. The number of aromatic nitrogens is 3. The quantitative estimate of drug-likeness (QED) is 0.556. The number of fused-ring (bicyclic) bond motifs is 3. The average molecular weight is 372 g/mol. The van der Waals surface area contributed by atoms with Gasteiger partial charge in [0.1, 0.15) is 23.0 Å². The van der Waals surface area contributed by atoms with E-state index < -0.39 is 4.92 Å². The summed E-state index contributed by atoms with van der Waals surface area (Å²) in [5.74, 6) is 0.0461. The molecule has 0 amide bonds. The molecule has 4 rings (SSSR count). The highest BCUT2D eigenvalue weighted by Gasteiger charge is 2.21. The van der Waals surface area contributed by atoms with Crippen molar-refractivity contribution in [1.82, 2.24) is 15.0 Å². The molecular weight excluding hydrogens is 356 g/mol. The molecule has 1 aliphatic carbocycles. The minimum Gasteiger partial charge on any atom is -0.478 e. The van der Waals surface area contributed by atoms with Crippen LogP contribution in [0.15, 0.2) is 16.9 Å². The Hall–Kier alpha value is -2.81. The molecule has 0 fully saturated rings. The maximum Gasteiger partial charge on any atom is 0.406 e. The monoisotopic (exact) mass is 372 g/mol. The molecule has 0 aliphatic heterocycles. The van der Waals surface area contributed by atoms with Crippen LogP contribution in [0.25, 0.3) is 10.2 Å². The van der Waals surface area contributed by atoms with E-state index in [2.05, 4.69) is 15.0 Å². The predicted octanol–water partition coefficient (Wildman–Crippen LogP) is 3.05. The molecule has 0 aromatic carbocycles. The summed E-state index contributed by atoms with van der Waals surface area (Å²) in [7, 11) is 0. The second kappa shape index (κ2) is 6.49. The third-order valence-electron chi connectivity index (χ3n) is 4.39. The van der Waals surface area contributed by atoms with Crippen LogP contribution in [-0.4, -0.2) is 19.9 Å². The Kier molecular flexibility index (Phi) is 4.15. The first kappa shape index (κ1) is 16.6. The van der Waals surface area contributed by atoms with Gasteiger partial charge in [0, 0.05) is 11.8 Å². The average Bonchev–Trinajstić information content (AvgIpc) is 2.99. The Morgan fingerprint density at radius 3 is 2.92 bits per heavy atom. The number of hydrogen-bond acceptors (Lipinski definition) is 7. The molecule has 0 spiro atoms. The molecule has 0 saturated carbocycles. The van der Waals surface area contributed by atoms with E-state index in [1.54, 1.807) is 24.3 Å². The van der Waals surface area contributed by atoms with Crippen molar-refractivity contribution in [1.29, 1.82) is 0 Å². The van der Waals surface area contributed by atoms with Gasteiger partial charge in [-0.3, -0.25) is 4.79 Å². The number of H-pyrrole nitrogens is 1. The minimum atomic E-state index is -0.588. The summed E-state index contributed by atoms with van der Waals surface area (Å²) in [6, 6.07) is 3.13. The van der Waals surface area contributed by atoms with E-state index in [1.165, 1.54) is 10.9 Å². The van der Waals surface area contributed by atoms with Crippen molar-refractivity contribution in [3.63, 3.8) is 0 Å². The molecule has 3 aromatic rings. The van der Waals surface area contributed by atoms with Crippen LogP contribution in [0.5, 0.6) is 5.75 Å². The van der Waals surface area contributed by atoms with Crippen molar-refractivity contribution in [3.8, 4) is 5.75 Å². The lowest BCUT2D eigenvalue weighted by molar-refractivity contribution is -0.390. The summed E-state index contributed by atoms with van der Waals surface area (Å²) < 4.78 is 5.51. The van der Waals surface area contributed by atoms with E-state index in [0.717, 1.165) is 31.2 Å². The van der Waals surface area contributed by atoms with E-state index in [0.29, 0.717) is 21.7 Å². The fourth-order valence-corrected chi connectivity index (χ4v) is 4.48. The summed E-state index contributed by atoms with van der Waals surface area (Å²) in [4.78, 5) is 36.1. The van der Waals surface area contributed by atoms with Crippen LogP contribution in [0, 0.1) is 17.0 Å². The molecule has 0 bridgehead atoms. The maximum absolute atomic E-state index is 12.5. The minimum absolute atomic E-state index is 0.0498. The largest absolute Gasteiger partial charge is 0.478 e. The molecule has 0 saturated heterocycles. The zero-order chi connectivity index (χ0) is 18.3. The first-order valence-corrected chi connectivity index (χ1v) is 9.13. The number of pyridine rings is 1. The normalized spacial score (nSPS) is 13.6. The number of nitro groups is 1. The van der Waals surface area contributed by atoms with Crippen LogP contribution in [0.2, 0.25) is 0 Å². The topological polar surface area (TPSA) is 111 Å². The van der Waals surface area contributed by atoms with Gasteiger partial charge >= 0.3 is 5.82 Å². The van der Waals surface area contributed by atoms with Crippen molar-refractivity contribution < 1.29 is 9.66 Å². The summed E-state index contributed by atoms with van der Waals surface area (Å²) in [5.41, 5.74) is 1.47. The molecule has 8 nitrogen and oxygen atoms in total. The number of nitrogens with zero attached hydrogens (tertiary/aromatic N) is 3. The highest BCUT2D eigenvalue weighted by Crippen LogP contribution is 2.33. The Bertz CT molecular complexity index is 1070. The molecule has 0 atom stereocenters. The third-order valence-corrected chi connectivity index (χ3v) is 5.58. The number of ether oxygens (including phenoxy) is 1. The fraction of sp³-hybridized carbons (Fsp3) is 0.353. The number of nitrogens with one attached hydrogen (secondary N) is 1. The van der Waals surface area contributed by atoms with Gasteiger partial charge in [-0.25, -0.2) is 4.98 Å². The molecule has 9 heteroatoms. The summed E-state index contributed by atoms with van der Waals surface area (Å²) in [5, 5.41) is 11.8. The molecule has 3 aromatic heterocycles. The highest BCUT2D eigenvalue weighted by atomic mass is 32.1. The van der Waals surface area contributed by atoms with Gasteiger partial charge in [0.05, 0.1) is 5.39 Å². The van der Waals surface area contributed by atoms with E-state index in [-0.39, 0.29) is 23.7 Å². The first-order valence-electron chi connectivity index (χ1n) is 8.31. The Morgan fingerprint density at radius 2 is 2.12 bits per heavy atom. The molecule has 1 N–H and O–H groups in total. The van der Waals surface area contributed by atoms with E-state index >= 15 is 0 Å². The van der Waals surface area contributed by atoms with Crippen molar-refractivity contribution in [2.24, 2.45) is 0 Å². The molecular formula is C17H16N4O4S. The first-order chi connectivity index (χ1) is 12.5. The lowest BCUT2D eigenvalue weighted by atomic mass is 9.97.